The Morgan fingerprint density at radius 2 is 1.91 bits per heavy atom. The molecule has 1 aliphatic heterocycles. The van der Waals surface area contributed by atoms with Gasteiger partial charge in [0.2, 0.25) is 0 Å². The SMILES string of the molecule is CC.CC(C)CCc1n[nH]c2cc(O)c(C(=O)N3Cc4ccc(OCCCN(C)C)cc4C3)cc12. The van der Waals surface area contributed by atoms with Crippen molar-refractivity contribution >= 4 is 16.8 Å². The van der Waals surface area contributed by atoms with Crippen molar-refractivity contribution in [1.82, 2.24) is 20.0 Å². The zero-order chi connectivity index (χ0) is 25.5. The number of nitrogens with one attached hydrogen (secondary N) is 1. The first kappa shape index (κ1) is 26.5. The van der Waals surface area contributed by atoms with Crippen LogP contribution in [0.3, 0.4) is 0 Å². The summed E-state index contributed by atoms with van der Waals surface area (Å²) >= 11 is 0. The predicted molar refractivity (Wildman–Crippen MR) is 141 cm³/mol. The molecule has 0 fully saturated rings. The van der Waals surface area contributed by atoms with Crippen LogP contribution in [-0.2, 0) is 19.5 Å². The molecule has 35 heavy (non-hydrogen) atoms. The van der Waals surface area contributed by atoms with Gasteiger partial charge in [-0.2, -0.15) is 5.10 Å². The largest absolute Gasteiger partial charge is 0.507 e. The van der Waals surface area contributed by atoms with Gasteiger partial charge in [0.1, 0.15) is 11.5 Å². The molecular weight excluding hydrogens is 440 g/mol. The van der Waals surface area contributed by atoms with Gasteiger partial charge in [0.15, 0.2) is 0 Å². The van der Waals surface area contributed by atoms with E-state index in [-0.39, 0.29) is 11.7 Å². The number of aromatic hydroxyl groups is 1. The van der Waals surface area contributed by atoms with Crippen molar-refractivity contribution in [1.29, 1.82) is 0 Å². The number of carbonyl (C=O) groups excluding carboxylic acids is 1. The van der Waals surface area contributed by atoms with Gasteiger partial charge in [-0.25, -0.2) is 0 Å². The third kappa shape index (κ3) is 6.54. The van der Waals surface area contributed by atoms with E-state index >= 15 is 0 Å². The molecule has 1 aromatic heterocycles. The molecule has 0 spiro atoms. The van der Waals surface area contributed by atoms with E-state index < -0.39 is 0 Å². The molecule has 0 saturated heterocycles. The standard InChI is InChI=1S/C26H34N4O3.C2H6/c1-17(2)6-9-23-21-13-22(25(31)14-24(21)28-27-23)26(32)30-15-18-7-8-20(12-19(18)16-30)33-11-5-10-29(3)4;1-2/h7-8,12-14,17,31H,5-6,9-11,15-16H2,1-4H3,(H,27,28);1-2H3. The van der Waals surface area contributed by atoms with E-state index in [1.54, 1.807) is 17.0 Å². The number of rotatable bonds is 9. The molecule has 4 rings (SSSR count). The predicted octanol–water partition coefficient (Wildman–Crippen LogP) is 5.37. The van der Waals surface area contributed by atoms with Crippen LogP contribution < -0.4 is 4.74 Å². The minimum Gasteiger partial charge on any atom is -0.507 e. The number of H-pyrrole nitrogens is 1. The number of phenols is 1. The molecule has 0 bridgehead atoms. The van der Waals surface area contributed by atoms with E-state index in [2.05, 4.69) is 43.0 Å². The maximum Gasteiger partial charge on any atom is 0.258 e. The van der Waals surface area contributed by atoms with Crippen LogP contribution in [0.1, 0.15) is 67.7 Å². The van der Waals surface area contributed by atoms with Crippen molar-refractivity contribution in [2.45, 2.75) is 60.0 Å². The van der Waals surface area contributed by atoms with Crippen LogP contribution >= 0.6 is 0 Å². The number of nitrogens with zero attached hydrogens (tertiary/aromatic N) is 3. The fourth-order valence-electron chi connectivity index (χ4n) is 4.24. The Bertz CT molecular complexity index is 1140. The molecule has 0 aliphatic carbocycles. The number of aromatic amines is 1. The molecule has 3 aromatic rings. The quantitative estimate of drug-likeness (QED) is 0.403. The summed E-state index contributed by atoms with van der Waals surface area (Å²) in [6.45, 7) is 11.0. The number of fused-ring (bicyclic) bond motifs is 2. The average Bonchev–Trinajstić information content (AvgIpc) is 3.44. The molecule has 2 aromatic carbocycles. The highest BCUT2D eigenvalue weighted by atomic mass is 16.5. The minimum atomic E-state index is -0.171. The van der Waals surface area contributed by atoms with Gasteiger partial charge in [-0.15, -0.1) is 0 Å². The number of aromatic nitrogens is 2. The number of benzene rings is 2. The van der Waals surface area contributed by atoms with Gasteiger partial charge in [0.25, 0.3) is 5.91 Å². The molecule has 0 saturated carbocycles. The third-order valence-corrected chi connectivity index (χ3v) is 6.15. The van der Waals surface area contributed by atoms with Crippen molar-refractivity contribution in [3.63, 3.8) is 0 Å². The van der Waals surface area contributed by atoms with Gasteiger partial charge < -0.3 is 19.6 Å². The third-order valence-electron chi connectivity index (χ3n) is 6.15. The number of ether oxygens (including phenoxy) is 1. The van der Waals surface area contributed by atoms with Gasteiger partial charge >= 0.3 is 0 Å². The first-order valence-corrected chi connectivity index (χ1v) is 12.7. The van der Waals surface area contributed by atoms with Gasteiger partial charge in [0.05, 0.1) is 23.4 Å². The minimum absolute atomic E-state index is 0.0209. The highest BCUT2D eigenvalue weighted by Gasteiger charge is 2.27. The molecule has 0 unspecified atom stereocenters. The Morgan fingerprint density at radius 1 is 1.17 bits per heavy atom. The Hall–Kier alpha value is -3.06. The second-order valence-corrected chi connectivity index (χ2v) is 9.61. The van der Waals surface area contributed by atoms with Crippen LogP contribution in [0.25, 0.3) is 10.9 Å². The number of carbonyl (C=O) groups is 1. The molecule has 7 nitrogen and oxygen atoms in total. The molecule has 2 N–H and O–H groups in total. The van der Waals surface area contributed by atoms with Crippen LogP contribution in [0.2, 0.25) is 0 Å². The summed E-state index contributed by atoms with van der Waals surface area (Å²) < 4.78 is 5.89. The summed E-state index contributed by atoms with van der Waals surface area (Å²) in [5, 5.41) is 18.9. The average molecular weight is 481 g/mol. The van der Waals surface area contributed by atoms with Crippen molar-refractivity contribution in [2.24, 2.45) is 5.92 Å². The summed E-state index contributed by atoms with van der Waals surface area (Å²) in [6.07, 6.45) is 2.82. The lowest BCUT2D eigenvalue weighted by molar-refractivity contribution is 0.0748. The lowest BCUT2D eigenvalue weighted by Gasteiger charge is -2.16. The number of amides is 1. The summed E-state index contributed by atoms with van der Waals surface area (Å²) in [6, 6.07) is 9.43. The second-order valence-electron chi connectivity index (χ2n) is 9.61. The number of hydrogen-bond donors (Lipinski definition) is 2. The van der Waals surface area contributed by atoms with Crippen molar-refractivity contribution < 1.29 is 14.6 Å². The van der Waals surface area contributed by atoms with Crippen LogP contribution in [0.15, 0.2) is 30.3 Å². The second kappa shape index (κ2) is 12.1. The lowest BCUT2D eigenvalue weighted by atomic mass is 10.0. The van der Waals surface area contributed by atoms with Gasteiger partial charge in [-0.05, 0) is 68.6 Å². The summed E-state index contributed by atoms with van der Waals surface area (Å²) in [5.74, 6) is 1.21. The molecule has 0 radical (unpaired) electrons. The molecule has 7 heteroatoms. The highest BCUT2D eigenvalue weighted by Crippen LogP contribution is 2.32. The van der Waals surface area contributed by atoms with Crippen LogP contribution in [-0.4, -0.2) is 58.3 Å². The van der Waals surface area contributed by atoms with E-state index in [0.717, 1.165) is 59.3 Å². The Labute approximate surface area is 209 Å². The van der Waals surface area contributed by atoms with Crippen molar-refractivity contribution in [3.05, 3.63) is 52.7 Å². The zero-order valence-corrected chi connectivity index (χ0v) is 22.0. The van der Waals surface area contributed by atoms with E-state index in [9.17, 15) is 9.90 Å². The van der Waals surface area contributed by atoms with Gasteiger partial charge in [-0.3, -0.25) is 9.89 Å². The zero-order valence-electron chi connectivity index (χ0n) is 22.0. The first-order chi connectivity index (χ1) is 16.8. The number of phenolic OH excluding ortho intramolecular Hbond substituents is 1. The van der Waals surface area contributed by atoms with Crippen molar-refractivity contribution in [2.75, 3.05) is 27.2 Å². The molecule has 190 valence electrons. The Morgan fingerprint density at radius 3 is 2.63 bits per heavy atom. The van der Waals surface area contributed by atoms with Crippen LogP contribution in [0, 0.1) is 5.92 Å². The normalized spacial score (nSPS) is 12.7. The van der Waals surface area contributed by atoms with Gasteiger partial charge in [-0.1, -0.05) is 33.8 Å². The number of aryl methyl sites for hydroxylation is 1. The van der Waals surface area contributed by atoms with Crippen LogP contribution in [0.5, 0.6) is 11.5 Å². The Balaban J connectivity index is 0.00000167. The Kier molecular flexibility index (Phi) is 9.15. The first-order valence-electron chi connectivity index (χ1n) is 12.7. The van der Waals surface area contributed by atoms with Crippen molar-refractivity contribution in [3.8, 4) is 11.5 Å². The molecule has 1 aliphatic rings. The highest BCUT2D eigenvalue weighted by molar-refractivity contribution is 6.01. The smallest absolute Gasteiger partial charge is 0.258 e. The molecule has 1 amide bonds. The molecular formula is C28H40N4O3. The van der Waals surface area contributed by atoms with Gasteiger partial charge in [0, 0.05) is 31.1 Å². The topological polar surface area (TPSA) is 81.7 Å². The summed E-state index contributed by atoms with van der Waals surface area (Å²) in [5.41, 5.74) is 4.22. The molecule has 2 heterocycles. The fourth-order valence-corrected chi connectivity index (χ4v) is 4.24. The summed E-state index contributed by atoms with van der Waals surface area (Å²) in [4.78, 5) is 17.2. The maximum absolute atomic E-state index is 13.3. The van der Waals surface area contributed by atoms with Crippen LogP contribution in [0.4, 0.5) is 0 Å². The van der Waals surface area contributed by atoms with E-state index in [1.807, 2.05) is 32.0 Å². The molecule has 0 atom stereocenters. The van der Waals surface area contributed by atoms with E-state index in [1.165, 1.54) is 0 Å². The number of hydrogen-bond acceptors (Lipinski definition) is 5. The fraction of sp³-hybridized carbons (Fsp3) is 0.500. The maximum atomic E-state index is 13.3. The lowest BCUT2D eigenvalue weighted by Crippen LogP contribution is -2.25. The summed E-state index contributed by atoms with van der Waals surface area (Å²) in [7, 11) is 4.10. The monoisotopic (exact) mass is 480 g/mol. The van der Waals surface area contributed by atoms with E-state index in [4.69, 9.17) is 4.74 Å². The van der Waals surface area contributed by atoms with E-state index in [0.29, 0.717) is 31.2 Å².